The van der Waals surface area contributed by atoms with Gasteiger partial charge in [0.25, 0.3) is 5.91 Å². The fourth-order valence-electron chi connectivity index (χ4n) is 1.79. The second kappa shape index (κ2) is 5.00. The van der Waals surface area contributed by atoms with E-state index in [-0.39, 0.29) is 5.91 Å². The summed E-state index contributed by atoms with van der Waals surface area (Å²) in [4.78, 5) is 19.4. The number of rotatable bonds is 2. The number of nitrogens with zero attached hydrogens (tertiary/aromatic N) is 1. The first-order valence-electron chi connectivity index (χ1n) is 5.74. The molecule has 3 rings (SSSR count). The van der Waals surface area contributed by atoms with Crippen LogP contribution in [0.15, 0.2) is 48.5 Å². The van der Waals surface area contributed by atoms with Gasteiger partial charge in [-0.15, -0.1) is 0 Å². The average molecular weight is 363 g/mol. The molecule has 2 N–H and O–H groups in total. The van der Waals surface area contributed by atoms with Gasteiger partial charge in [0, 0.05) is 9.13 Å². The third-order valence-corrected chi connectivity index (χ3v) is 3.45. The summed E-state index contributed by atoms with van der Waals surface area (Å²) >= 11 is 2.20. The van der Waals surface area contributed by atoms with E-state index >= 15 is 0 Å². The molecular formula is C14H10IN3O. The molecule has 1 amide bonds. The zero-order valence-electron chi connectivity index (χ0n) is 9.85. The van der Waals surface area contributed by atoms with E-state index in [0.29, 0.717) is 11.5 Å². The largest absolute Gasteiger partial charge is 0.324 e. The standard InChI is InChI=1S/C14H10IN3O/c15-10-7-5-9(6-8-10)13(19)18-14-16-11-3-1-2-4-12(11)17-14/h1-8H,(H2,16,17,18,19). The van der Waals surface area contributed by atoms with Crippen molar-refractivity contribution in [1.82, 2.24) is 9.97 Å². The minimum atomic E-state index is -0.171. The number of H-pyrrole nitrogens is 1. The Balaban J connectivity index is 1.84. The zero-order valence-corrected chi connectivity index (χ0v) is 12.0. The summed E-state index contributed by atoms with van der Waals surface area (Å²) in [6.07, 6.45) is 0. The lowest BCUT2D eigenvalue weighted by atomic mass is 10.2. The second-order valence-corrected chi connectivity index (χ2v) is 5.31. The third-order valence-electron chi connectivity index (χ3n) is 2.73. The van der Waals surface area contributed by atoms with Crippen molar-refractivity contribution < 1.29 is 4.79 Å². The summed E-state index contributed by atoms with van der Waals surface area (Å²) in [6.45, 7) is 0. The van der Waals surface area contributed by atoms with Crippen molar-refractivity contribution in [2.24, 2.45) is 0 Å². The summed E-state index contributed by atoms with van der Waals surface area (Å²) < 4.78 is 1.10. The number of aromatic amines is 1. The quantitative estimate of drug-likeness (QED) is 0.686. The van der Waals surface area contributed by atoms with Crippen LogP contribution in [0.2, 0.25) is 0 Å². The molecule has 0 aliphatic carbocycles. The number of amides is 1. The number of hydrogen-bond acceptors (Lipinski definition) is 2. The molecule has 0 bridgehead atoms. The van der Waals surface area contributed by atoms with Gasteiger partial charge in [0.15, 0.2) is 0 Å². The highest BCUT2D eigenvalue weighted by Gasteiger charge is 2.08. The van der Waals surface area contributed by atoms with Gasteiger partial charge in [-0.2, -0.15) is 0 Å². The molecule has 5 heteroatoms. The number of fused-ring (bicyclic) bond motifs is 1. The Morgan fingerprint density at radius 1 is 1.11 bits per heavy atom. The molecule has 0 atom stereocenters. The molecule has 0 saturated carbocycles. The van der Waals surface area contributed by atoms with Crippen LogP contribution in [0, 0.1) is 3.57 Å². The van der Waals surface area contributed by atoms with Crippen LogP contribution in [0.1, 0.15) is 10.4 Å². The number of imidazole rings is 1. The Labute approximate surface area is 123 Å². The molecular weight excluding hydrogens is 353 g/mol. The van der Waals surface area contributed by atoms with E-state index in [4.69, 9.17) is 0 Å². The number of hydrogen-bond donors (Lipinski definition) is 2. The van der Waals surface area contributed by atoms with Crippen LogP contribution in [0.5, 0.6) is 0 Å². The molecule has 0 radical (unpaired) electrons. The summed E-state index contributed by atoms with van der Waals surface area (Å²) in [6, 6.07) is 15.0. The van der Waals surface area contributed by atoms with Crippen LogP contribution >= 0.6 is 22.6 Å². The van der Waals surface area contributed by atoms with Gasteiger partial charge < -0.3 is 4.98 Å². The second-order valence-electron chi connectivity index (χ2n) is 4.06. The van der Waals surface area contributed by atoms with Gasteiger partial charge in [-0.05, 0) is 59.0 Å². The maximum atomic E-state index is 12.0. The van der Waals surface area contributed by atoms with Crippen LogP contribution in [-0.2, 0) is 0 Å². The maximum absolute atomic E-state index is 12.0. The summed E-state index contributed by atoms with van der Waals surface area (Å²) in [5.74, 6) is 0.292. The number of para-hydroxylation sites is 2. The third kappa shape index (κ3) is 2.60. The van der Waals surface area contributed by atoms with Gasteiger partial charge in [-0.25, -0.2) is 4.98 Å². The van der Waals surface area contributed by atoms with Crippen molar-refractivity contribution in [3.05, 3.63) is 57.7 Å². The van der Waals surface area contributed by atoms with E-state index in [1.807, 2.05) is 36.4 Å². The Kier molecular flexibility index (Phi) is 3.20. The monoisotopic (exact) mass is 363 g/mol. The highest BCUT2D eigenvalue weighted by atomic mass is 127. The molecule has 2 aromatic carbocycles. The van der Waals surface area contributed by atoms with Gasteiger partial charge in [-0.1, -0.05) is 12.1 Å². The van der Waals surface area contributed by atoms with Crippen LogP contribution in [0.25, 0.3) is 11.0 Å². The fraction of sp³-hybridized carbons (Fsp3) is 0. The predicted molar refractivity (Wildman–Crippen MR) is 83.2 cm³/mol. The summed E-state index contributed by atoms with van der Waals surface area (Å²) in [7, 11) is 0. The molecule has 0 unspecified atom stereocenters. The van der Waals surface area contributed by atoms with Crippen molar-refractivity contribution in [2.75, 3.05) is 5.32 Å². The van der Waals surface area contributed by atoms with Crippen LogP contribution in [0.4, 0.5) is 5.95 Å². The van der Waals surface area contributed by atoms with Crippen molar-refractivity contribution in [3.8, 4) is 0 Å². The summed E-state index contributed by atoms with van der Waals surface area (Å²) in [5.41, 5.74) is 2.35. The number of nitrogens with one attached hydrogen (secondary N) is 2. The molecule has 0 spiro atoms. The van der Waals surface area contributed by atoms with E-state index in [9.17, 15) is 4.79 Å². The molecule has 1 aromatic heterocycles. The van der Waals surface area contributed by atoms with Crippen LogP contribution in [0.3, 0.4) is 0 Å². The normalized spacial score (nSPS) is 10.6. The molecule has 0 aliphatic rings. The molecule has 3 aromatic rings. The fourth-order valence-corrected chi connectivity index (χ4v) is 2.15. The molecule has 0 fully saturated rings. The average Bonchev–Trinajstić information content (AvgIpc) is 2.81. The minimum Gasteiger partial charge on any atom is -0.324 e. The van der Waals surface area contributed by atoms with E-state index in [2.05, 4.69) is 37.9 Å². The number of aromatic nitrogens is 2. The van der Waals surface area contributed by atoms with Gasteiger partial charge in [0.1, 0.15) is 0 Å². The van der Waals surface area contributed by atoms with Gasteiger partial charge in [-0.3, -0.25) is 10.1 Å². The summed E-state index contributed by atoms with van der Waals surface area (Å²) in [5, 5.41) is 2.76. The molecule has 4 nitrogen and oxygen atoms in total. The molecule has 1 heterocycles. The lowest BCUT2D eigenvalue weighted by Crippen LogP contribution is -2.12. The lowest BCUT2D eigenvalue weighted by molar-refractivity contribution is 0.102. The van der Waals surface area contributed by atoms with Gasteiger partial charge in [0.2, 0.25) is 5.95 Å². The predicted octanol–water partition coefficient (Wildman–Crippen LogP) is 3.42. The molecule has 0 aliphatic heterocycles. The SMILES string of the molecule is O=C(Nc1nc2ccccc2[nH]1)c1ccc(I)cc1. The van der Waals surface area contributed by atoms with Crippen LogP contribution in [-0.4, -0.2) is 15.9 Å². The lowest BCUT2D eigenvalue weighted by Gasteiger charge is -2.01. The van der Waals surface area contributed by atoms with Gasteiger partial charge >= 0.3 is 0 Å². The van der Waals surface area contributed by atoms with Crippen molar-refractivity contribution in [1.29, 1.82) is 0 Å². The highest BCUT2D eigenvalue weighted by Crippen LogP contribution is 2.14. The molecule has 19 heavy (non-hydrogen) atoms. The van der Waals surface area contributed by atoms with E-state index < -0.39 is 0 Å². The van der Waals surface area contributed by atoms with E-state index in [1.165, 1.54) is 0 Å². The smallest absolute Gasteiger partial charge is 0.257 e. The first-order valence-corrected chi connectivity index (χ1v) is 6.82. The number of anilines is 1. The Bertz CT molecular complexity index is 701. The van der Waals surface area contributed by atoms with Crippen LogP contribution < -0.4 is 5.32 Å². The first-order chi connectivity index (χ1) is 9.22. The Morgan fingerprint density at radius 2 is 1.84 bits per heavy atom. The van der Waals surface area contributed by atoms with Gasteiger partial charge in [0.05, 0.1) is 11.0 Å². The highest BCUT2D eigenvalue weighted by molar-refractivity contribution is 14.1. The number of halogens is 1. The number of benzene rings is 2. The number of carbonyl (C=O) groups excluding carboxylic acids is 1. The van der Waals surface area contributed by atoms with E-state index in [0.717, 1.165) is 14.6 Å². The van der Waals surface area contributed by atoms with E-state index in [1.54, 1.807) is 12.1 Å². The van der Waals surface area contributed by atoms with Crippen molar-refractivity contribution in [3.63, 3.8) is 0 Å². The molecule has 94 valence electrons. The minimum absolute atomic E-state index is 0.171. The van der Waals surface area contributed by atoms with Crippen molar-refractivity contribution >= 4 is 45.5 Å². The number of carbonyl (C=O) groups is 1. The maximum Gasteiger partial charge on any atom is 0.257 e. The topological polar surface area (TPSA) is 57.8 Å². The Morgan fingerprint density at radius 3 is 2.58 bits per heavy atom. The molecule has 0 saturated heterocycles. The first kappa shape index (κ1) is 12.2. The Hall–Kier alpha value is -1.89. The van der Waals surface area contributed by atoms with Crippen molar-refractivity contribution in [2.45, 2.75) is 0 Å². The zero-order chi connectivity index (χ0) is 13.2.